The number of rotatable bonds is 9. The lowest BCUT2D eigenvalue weighted by Gasteiger charge is -2.11. The van der Waals surface area contributed by atoms with Crippen molar-refractivity contribution in [2.75, 3.05) is 18.5 Å². The molecule has 0 amide bonds. The second kappa shape index (κ2) is 10.8. The number of esters is 1. The molecule has 0 bridgehead atoms. The third-order valence-electron chi connectivity index (χ3n) is 3.91. The van der Waals surface area contributed by atoms with Crippen LogP contribution in [0.5, 0.6) is 5.88 Å². The summed E-state index contributed by atoms with van der Waals surface area (Å²) in [4.78, 5) is 24.8. The monoisotopic (exact) mass is 446 g/mol. The van der Waals surface area contributed by atoms with E-state index in [-0.39, 0.29) is 19.0 Å². The predicted octanol–water partition coefficient (Wildman–Crippen LogP) is 4.79. The van der Waals surface area contributed by atoms with Gasteiger partial charge in [-0.1, -0.05) is 35.3 Å². The molecule has 1 aromatic carbocycles. The molecule has 0 fully saturated rings. The summed E-state index contributed by atoms with van der Waals surface area (Å²) in [6.07, 6.45) is 1.88. The van der Waals surface area contributed by atoms with Gasteiger partial charge in [0.1, 0.15) is 18.1 Å². The van der Waals surface area contributed by atoms with Crippen molar-refractivity contribution in [1.29, 1.82) is 0 Å². The largest absolute Gasteiger partial charge is 0.473 e. The van der Waals surface area contributed by atoms with Crippen LogP contribution >= 0.6 is 23.2 Å². The molecule has 3 aromatic rings. The number of halogens is 2. The first-order valence-corrected chi connectivity index (χ1v) is 10.1. The molecule has 7 nitrogen and oxygen atoms in total. The third kappa shape index (κ3) is 6.30. The number of ether oxygens (including phenoxy) is 2. The summed E-state index contributed by atoms with van der Waals surface area (Å²) >= 11 is 12.0. The zero-order chi connectivity index (χ0) is 21.3. The topological polar surface area (TPSA) is 86.2 Å². The van der Waals surface area contributed by atoms with Crippen LogP contribution in [0.4, 0.5) is 5.82 Å². The Morgan fingerprint density at radius 3 is 2.70 bits per heavy atom. The first kappa shape index (κ1) is 21.8. The van der Waals surface area contributed by atoms with Gasteiger partial charge >= 0.3 is 5.97 Å². The molecule has 1 N–H and O–H groups in total. The minimum Gasteiger partial charge on any atom is -0.473 e. The zero-order valence-electron chi connectivity index (χ0n) is 16.3. The Kier molecular flexibility index (Phi) is 7.82. The highest BCUT2D eigenvalue weighted by Gasteiger charge is 2.10. The van der Waals surface area contributed by atoms with Gasteiger partial charge in [-0.25, -0.2) is 4.98 Å². The smallest absolute Gasteiger partial charge is 0.307 e. The van der Waals surface area contributed by atoms with Crippen molar-refractivity contribution < 1.29 is 14.3 Å². The van der Waals surface area contributed by atoms with Crippen molar-refractivity contribution >= 4 is 35.0 Å². The van der Waals surface area contributed by atoms with Gasteiger partial charge in [-0.3, -0.25) is 9.78 Å². The number of carbonyl (C=O) groups is 1. The number of nitrogens with one attached hydrogen (secondary N) is 1. The van der Waals surface area contributed by atoms with Gasteiger partial charge in [-0.15, -0.1) is 0 Å². The third-order valence-corrected chi connectivity index (χ3v) is 4.65. The van der Waals surface area contributed by atoms with Gasteiger partial charge in [0.2, 0.25) is 5.88 Å². The fraction of sp³-hybridized carbons (Fsp3) is 0.238. The van der Waals surface area contributed by atoms with Crippen LogP contribution in [-0.2, 0) is 16.1 Å². The molecule has 2 aromatic heterocycles. The summed E-state index contributed by atoms with van der Waals surface area (Å²) in [5, 5.41) is 4.04. The summed E-state index contributed by atoms with van der Waals surface area (Å²) in [6.45, 7) is 2.73. The number of nitrogens with zero attached hydrogens (tertiary/aromatic N) is 3. The molecule has 0 saturated carbocycles. The molecule has 0 aliphatic heterocycles. The average molecular weight is 447 g/mol. The van der Waals surface area contributed by atoms with Gasteiger partial charge in [0, 0.05) is 18.8 Å². The van der Waals surface area contributed by atoms with E-state index in [0.29, 0.717) is 46.4 Å². The van der Waals surface area contributed by atoms with Gasteiger partial charge in [0.15, 0.2) is 5.82 Å². The van der Waals surface area contributed by atoms with E-state index >= 15 is 0 Å². The van der Waals surface area contributed by atoms with E-state index in [0.717, 1.165) is 5.56 Å². The minimum absolute atomic E-state index is 0.218. The summed E-state index contributed by atoms with van der Waals surface area (Å²) < 4.78 is 10.8. The maximum Gasteiger partial charge on any atom is 0.307 e. The molecule has 0 radical (unpaired) electrons. The first-order valence-electron chi connectivity index (χ1n) is 9.32. The van der Waals surface area contributed by atoms with Crippen LogP contribution < -0.4 is 10.1 Å². The number of benzene rings is 1. The summed E-state index contributed by atoms with van der Waals surface area (Å²) in [5.74, 6) is 0.996. The molecule has 156 valence electrons. The normalized spacial score (nSPS) is 10.5. The fourth-order valence-corrected chi connectivity index (χ4v) is 2.83. The van der Waals surface area contributed by atoms with Crippen LogP contribution in [-0.4, -0.2) is 34.1 Å². The Bertz CT molecular complexity index is 1000. The van der Waals surface area contributed by atoms with E-state index in [2.05, 4.69) is 20.3 Å². The van der Waals surface area contributed by atoms with Gasteiger partial charge in [-0.2, -0.15) is 4.98 Å². The first-order chi connectivity index (χ1) is 14.5. The van der Waals surface area contributed by atoms with Crippen molar-refractivity contribution in [3.63, 3.8) is 0 Å². The standard InChI is InChI=1S/C21H20Cl2N4O3/c1-2-29-20(28)8-10-25-18-12-19(27-21(26-18)17-5-3-4-9-24-17)30-13-14-6-7-15(22)16(23)11-14/h3-7,9,11-12H,2,8,10,13H2,1H3,(H,25,26,27). The molecular formula is C21H20Cl2N4O3. The fourth-order valence-electron chi connectivity index (χ4n) is 2.51. The SMILES string of the molecule is CCOC(=O)CCNc1cc(OCc2ccc(Cl)c(Cl)c2)nc(-c2ccccn2)n1. The van der Waals surface area contributed by atoms with Crippen molar-refractivity contribution in [3.05, 3.63) is 64.3 Å². The Hall–Kier alpha value is -2.90. The van der Waals surface area contributed by atoms with Gasteiger partial charge in [-0.05, 0) is 36.8 Å². The highest BCUT2D eigenvalue weighted by Crippen LogP contribution is 2.24. The van der Waals surface area contributed by atoms with Crippen LogP contribution in [0.2, 0.25) is 10.0 Å². The molecule has 2 heterocycles. The van der Waals surface area contributed by atoms with Crippen LogP contribution in [0.3, 0.4) is 0 Å². The number of anilines is 1. The molecule has 0 aliphatic rings. The van der Waals surface area contributed by atoms with E-state index < -0.39 is 0 Å². The second-order valence-corrected chi connectivity index (χ2v) is 6.96. The molecule has 0 saturated heterocycles. The summed E-state index contributed by atoms with van der Waals surface area (Å²) in [6, 6.07) is 12.4. The summed E-state index contributed by atoms with van der Waals surface area (Å²) in [7, 11) is 0. The Morgan fingerprint density at radius 1 is 1.10 bits per heavy atom. The Balaban J connectivity index is 1.76. The number of hydrogen-bond acceptors (Lipinski definition) is 7. The van der Waals surface area contributed by atoms with Crippen molar-refractivity contribution in [1.82, 2.24) is 15.0 Å². The maximum absolute atomic E-state index is 11.5. The van der Waals surface area contributed by atoms with E-state index in [1.54, 1.807) is 37.4 Å². The Labute approximate surface area is 184 Å². The maximum atomic E-state index is 11.5. The lowest BCUT2D eigenvalue weighted by molar-refractivity contribution is -0.142. The number of hydrogen-bond donors (Lipinski definition) is 1. The van der Waals surface area contributed by atoms with Crippen LogP contribution in [0.15, 0.2) is 48.7 Å². The molecule has 0 atom stereocenters. The zero-order valence-corrected chi connectivity index (χ0v) is 17.8. The Morgan fingerprint density at radius 2 is 1.97 bits per heavy atom. The van der Waals surface area contributed by atoms with Crippen LogP contribution in [0.25, 0.3) is 11.5 Å². The lowest BCUT2D eigenvalue weighted by Crippen LogP contribution is -2.12. The second-order valence-electron chi connectivity index (χ2n) is 6.15. The predicted molar refractivity (Wildman–Crippen MR) is 116 cm³/mol. The van der Waals surface area contributed by atoms with Crippen molar-refractivity contribution in [3.8, 4) is 17.4 Å². The number of carbonyl (C=O) groups excluding carboxylic acids is 1. The molecule has 0 aliphatic carbocycles. The van der Waals surface area contributed by atoms with E-state index in [9.17, 15) is 4.79 Å². The highest BCUT2D eigenvalue weighted by molar-refractivity contribution is 6.42. The number of aromatic nitrogens is 3. The molecule has 0 unspecified atom stereocenters. The summed E-state index contributed by atoms with van der Waals surface area (Å²) in [5.41, 5.74) is 1.45. The molecule has 0 spiro atoms. The molecular weight excluding hydrogens is 427 g/mol. The van der Waals surface area contributed by atoms with E-state index in [4.69, 9.17) is 32.7 Å². The molecule has 30 heavy (non-hydrogen) atoms. The molecule has 3 rings (SSSR count). The van der Waals surface area contributed by atoms with E-state index in [1.165, 1.54) is 0 Å². The quantitative estimate of drug-likeness (QED) is 0.472. The molecule has 9 heteroatoms. The minimum atomic E-state index is -0.278. The lowest BCUT2D eigenvalue weighted by atomic mass is 10.2. The highest BCUT2D eigenvalue weighted by atomic mass is 35.5. The number of pyridine rings is 1. The van der Waals surface area contributed by atoms with Crippen LogP contribution in [0.1, 0.15) is 18.9 Å². The van der Waals surface area contributed by atoms with Crippen LogP contribution in [0, 0.1) is 0 Å². The van der Waals surface area contributed by atoms with Crippen molar-refractivity contribution in [2.24, 2.45) is 0 Å². The average Bonchev–Trinajstić information content (AvgIpc) is 2.75. The van der Waals surface area contributed by atoms with Gasteiger partial charge in [0.25, 0.3) is 0 Å². The van der Waals surface area contributed by atoms with Gasteiger partial charge in [0.05, 0.1) is 23.1 Å². The van der Waals surface area contributed by atoms with E-state index in [1.807, 2.05) is 18.2 Å². The van der Waals surface area contributed by atoms with Gasteiger partial charge < -0.3 is 14.8 Å². The van der Waals surface area contributed by atoms with Crippen molar-refractivity contribution in [2.45, 2.75) is 20.0 Å².